The van der Waals surface area contributed by atoms with Gasteiger partial charge in [0.1, 0.15) is 6.10 Å². The van der Waals surface area contributed by atoms with Crippen molar-refractivity contribution in [2.45, 2.75) is 32.9 Å². The third kappa shape index (κ3) is 4.35. The second-order valence-electron chi connectivity index (χ2n) is 4.62. The lowest BCUT2D eigenvalue weighted by atomic mass is 9.94. The van der Waals surface area contributed by atoms with Crippen LogP contribution in [-0.2, 0) is 14.3 Å². The fourth-order valence-electron chi connectivity index (χ4n) is 1.90. The maximum atomic E-state index is 12.0. The molecule has 0 aliphatic carbocycles. The normalized spacial score (nSPS) is 15.2. The monoisotopic (exact) mass is 279 g/mol. The summed E-state index contributed by atoms with van der Waals surface area (Å²) in [6, 6.07) is 8.50. The Morgan fingerprint density at radius 1 is 1.25 bits per heavy atom. The van der Waals surface area contributed by atoms with E-state index in [4.69, 9.17) is 4.74 Å². The van der Waals surface area contributed by atoms with Crippen molar-refractivity contribution in [1.82, 2.24) is 5.32 Å². The quantitative estimate of drug-likeness (QED) is 0.800. The van der Waals surface area contributed by atoms with E-state index in [-0.39, 0.29) is 5.91 Å². The molecule has 0 aliphatic heterocycles. The van der Waals surface area contributed by atoms with Gasteiger partial charge in [0.15, 0.2) is 0 Å². The van der Waals surface area contributed by atoms with Crippen LogP contribution in [0.25, 0.3) is 0 Å². The highest BCUT2D eigenvalue weighted by molar-refractivity contribution is 5.82. The van der Waals surface area contributed by atoms with Gasteiger partial charge in [0.2, 0.25) is 5.91 Å². The lowest BCUT2D eigenvalue weighted by Gasteiger charge is -2.24. The van der Waals surface area contributed by atoms with Crippen LogP contribution in [0, 0.1) is 5.92 Å². The van der Waals surface area contributed by atoms with Crippen LogP contribution in [0.4, 0.5) is 0 Å². The van der Waals surface area contributed by atoms with E-state index in [1.165, 1.54) is 0 Å². The van der Waals surface area contributed by atoms with Crippen molar-refractivity contribution in [3.05, 3.63) is 35.9 Å². The van der Waals surface area contributed by atoms with Crippen molar-refractivity contribution in [3.63, 3.8) is 0 Å². The van der Waals surface area contributed by atoms with Crippen LogP contribution in [0.1, 0.15) is 32.4 Å². The van der Waals surface area contributed by atoms with E-state index in [0.29, 0.717) is 6.61 Å². The zero-order chi connectivity index (χ0) is 15.1. The zero-order valence-corrected chi connectivity index (χ0v) is 12.0. The van der Waals surface area contributed by atoms with Gasteiger partial charge < -0.3 is 15.2 Å². The molecule has 0 bridgehead atoms. The number of nitrogens with one attached hydrogen (secondary N) is 1. The Hall–Kier alpha value is -1.88. The molecular weight excluding hydrogens is 258 g/mol. The molecule has 110 valence electrons. The summed E-state index contributed by atoms with van der Waals surface area (Å²) in [5, 5.41) is 11.9. The Kier molecular flexibility index (Phi) is 6.18. The van der Waals surface area contributed by atoms with Crippen molar-refractivity contribution in [3.8, 4) is 0 Å². The van der Waals surface area contributed by atoms with Gasteiger partial charge in [-0.3, -0.25) is 9.59 Å². The van der Waals surface area contributed by atoms with Gasteiger partial charge in [-0.1, -0.05) is 30.3 Å². The molecule has 1 rings (SSSR count). The number of rotatable bonds is 7. The Labute approximate surface area is 118 Å². The standard InChI is InChI=1S/C15H21NO4/c1-4-20-11(3)14(17)16-13(10(2)15(18)19)12-8-6-5-7-9-12/h5-11,13H,4H2,1-3H3,(H,16,17)(H,18,19). The number of carboxylic acid groups (broad SMARTS) is 1. The van der Waals surface area contributed by atoms with Crippen LogP contribution in [0.5, 0.6) is 0 Å². The molecule has 0 saturated heterocycles. The highest BCUT2D eigenvalue weighted by Gasteiger charge is 2.28. The van der Waals surface area contributed by atoms with Gasteiger partial charge in [-0.25, -0.2) is 0 Å². The number of carbonyl (C=O) groups excluding carboxylic acids is 1. The summed E-state index contributed by atoms with van der Waals surface area (Å²) >= 11 is 0. The summed E-state index contributed by atoms with van der Waals surface area (Å²) in [5.74, 6) is -1.99. The minimum atomic E-state index is -0.955. The van der Waals surface area contributed by atoms with Crippen molar-refractivity contribution >= 4 is 11.9 Å². The van der Waals surface area contributed by atoms with E-state index in [9.17, 15) is 14.7 Å². The van der Waals surface area contributed by atoms with Crippen molar-refractivity contribution in [2.75, 3.05) is 6.61 Å². The number of aliphatic carboxylic acids is 1. The molecule has 0 heterocycles. The van der Waals surface area contributed by atoms with Crippen LogP contribution < -0.4 is 5.32 Å². The largest absolute Gasteiger partial charge is 0.481 e. The first-order chi connectivity index (χ1) is 9.47. The molecule has 0 radical (unpaired) electrons. The van der Waals surface area contributed by atoms with Gasteiger partial charge in [0, 0.05) is 6.61 Å². The first kappa shape index (κ1) is 16.2. The predicted octanol–water partition coefficient (Wildman–Crippen LogP) is 1.99. The fourth-order valence-corrected chi connectivity index (χ4v) is 1.90. The number of carboxylic acids is 1. The number of carbonyl (C=O) groups is 2. The third-order valence-corrected chi connectivity index (χ3v) is 3.13. The highest BCUT2D eigenvalue weighted by Crippen LogP contribution is 2.22. The Bertz CT molecular complexity index is 446. The van der Waals surface area contributed by atoms with Gasteiger partial charge >= 0.3 is 5.97 Å². The van der Waals surface area contributed by atoms with E-state index >= 15 is 0 Å². The van der Waals surface area contributed by atoms with Crippen molar-refractivity contribution in [1.29, 1.82) is 0 Å². The molecule has 1 amide bonds. The van der Waals surface area contributed by atoms with Gasteiger partial charge in [-0.2, -0.15) is 0 Å². The molecule has 1 aromatic carbocycles. The number of hydrogen-bond donors (Lipinski definition) is 2. The molecule has 3 unspecified atom stereocenters. The second-order valence-corrected chi connectivity index (χ2v) is 4.62. The lowest BCUT2D eigenvalue weighted by molar-refractivity contribution is -0.143. The molecular formula is C15H21NO4. The molecule has 0 fully saturated rings. The Morgan fingerprint density at radius 2 is 1.85 bits per heavy atom. The maximum Gasteiger partial charge on any atom is 0.308 e. The predicted molar refractivity (Wildman–Crippen MR) is 75.2 cm³/mol. The van der Waals surface area contributed by atoms with E-state index in [2.05, 4.69) is 5.32 Å². The van der Waals surface area contributed by atoms with Crippen LogP contribution in [0.15, 0.2) is 30.3 Å². The molecule has 5 nitrogen and oxygen atoms in total. The number of ether oxygens (including phenoxy) is 1. The van der Waals surface area contributed by atoms with Gasteiger partial charge in [0.05, 0.1) is 12.0 Å². The van der Waals surface area contributed by atoms with Gasteiger partial charge in [-0.05, 0) is 26.3 Å². The van der Waals surface area contributed by atoms with Crippen LogP contribution >= 0.6 is 0 Å². The second kappa shape index (κ2) is 7.65. The smallest absolute Gasteiger partial charge is 0.308 e. The van der Waals surface area contributed by atoms with Crippen LogP contribution in [0.3, 0.4) is 0 Å². The molecule has 0 spiro atoms. The topological polar surface area (TPSA) is 75.6 Å². The minimum absolute atomic E-state index is 0.311. The third-order valence-electron chi connectivity index (χ3n) is 3.13. The SMILES string of the molecule is CCOC(C)C(=O)NC(c1ccccc1)C(C)C(=O)O. The molecule has 3 atom stereocenters. The maximum absolute atomic E-state index is 12.0. The highest BCUT2D eigenvalue weighted by atomic mass is 16.5. The summed E-state index contributed by atoms with van der Waals surface area (Å²) in [4.78, 5) is 23.2. The fraction of sp³-hybridized carbons (Fsp3) is 0.467. The first-order valence-electron chi connectivity index (χ1n) is 6.67. The number of hydrogen-bond acceptors (Lipinski definition) is 3. The molecule has 1 aromatic rings. The van der Waals surface area contributed by atoms with E-state index < -0.39 is 24.0 Å². The molecule has 2 N–H and O–H groups in total. The van der Waals surface area contributed by atoms with Crippen molar-refractivity contribution < 1.29 is 19.4 Å². The molecule has 5 heteroatoms. The van der Waals surface area contributed by atoms with E-state index in [0.717, 1.165) is 5.56 Å². The van der Waals surface area contributed by atoms with E-state index in [1.807, 2.05) is 18.2 Å². The molecule has 0 aliphatic rings. The van der Waals surface area contributed by atoms with Crippen LogP contribution in [0.2, 0.25) is 0 Å². The summed E-state index contributed by atoms with van der Waals surface area (Å²) in [6.45, 7) is 5.45. The zero-order valence-electron chi connectivity index (χ0n) is 12.0. The Balaban J connectivity index is 2.89. The van der Waals surface area contributed by atoms with E-state index in [1.54, 1.807) is 32.9 Å². The van der Waals surface area contributed by atoms with Gasteiger partial charge in [0.25, 0.3) is 0 Å². The lowest BCUT2D eigenvalue weighted by Crippen LogP contribution is -2.41. The molecule has 0 saturated carbocycles. The van der Waals surface area contributed by atoms with Crippen molar-refractivity contribution in [2.24, 2.45) is 5.92 Å². The number of benzene rings is 1. The molecule has 20 heavy (non-hydrogen) atoms. The summed E-state index contributed by atoms with van der Waals surface area (Å²) in [6.07, 6.45) is -0.604. The Morgan fingerprint density at radius 3 is 2.35 bits per heavy atom. The first-order valence-corrected chi connectivity index (χ1v) is 6.67. The average Bonchev–Trinajstić information content (AvgIpc) is 2.44. The van der Waals surface area contributed by atoms with Gasteiger partial charge in [-0.15, -0.1) is 0 Å². The molecule has 0 aromatic heterocycles. The summed E-state index contributed by atoms with van der Waals surface area (Å²) in [5.41, 5.74) is 0.763. The average molecular weight is 279 g/mol. The summed E-state index contributed by atoms with van der Waals surface area (Å²) in [7, 11) is 0. The minimum Gasteiger partial charge on any atom is -0.481 e. The summed E-state index contributed by atoms with van der Waals surface area (Å²) < 4.78 is 5.22. The van der Waals surface area contributed by atoms with Crippen LogP contribution in [-0.4, -0.2) is 29.7 Å². The number of amides is 1.